The third-order valence-corrected chi connectivity index (χ3v) is 12.9. The van der Waals surface area contributed by atoms with Crippen molar-refractivity contribution in [1.82, 2.24) is 0 Å². The summed E-state index contributed by atoms with van der Waals surface area (Å²) in [5.74, 6) is -0.348. The van der Waals surface area contributed by atoms with E-state index in [1.165, 1.54) is 0 Å². The molecule has 1 spiro atoms. The Morgan fingerprint density at radius 3 is 2.00 bits per heavy atom. The van der Waals surface area contributed by atoms with E-state index in [9.17, 15) is 45.6 Å². The normalized spacial score (nSPS) is 54.7. The van der Waals surface area contributed by atoms with Crippen molar-refractivity contribution in [2.75, 3.05) is 13.2 Å². The van der Waals surface area contributed by atoms with Crippen LogP contribution in [0.2, 0.25) is 0 Å². The van der Waals surface area contributed by atoms with Crippen molar-refractivity contribution in [2.45, 2.75) is 139 Å². The fourth-order valence-corrected chi connectivity index (χ4v) is 10.5. The molecule has 6 rings (SSSR count). The van der Waals surface area contributed by atoms with E-state index in [4.69, 9.17) is 18.9 Å². The topological polar surface area (TPSA) is 216 Å². The Kier molecular flexibility index (Phi) is 8.77. The van der Waals surface area contributed by atoms with Crippen LogP contribution < -0.4 is 0 Å². The molecular weight excluding hydrogens is 592 g/mol. The van der Waals surface area contributed by atoms with Gasteiger partial charge in [0.05, 0.1) is 24.2 Å². The molecule has 2 bridgehead atoms. The van der Waals surface area contributed by atoms with E-state index in [1.54, 1.807) is 0 Å². The van der Waals surface area contributed by atoms with Gasteiger partial charge in [-0.15, -0.1) is 0 Å². The van der Waals surface area contributed by atoms with Gasteiger partial charge in [0, 0.05) is 0 Å². The van der Waals surface area contributed by atoms with Gasteiger partial charge in [0.15, 0.2) is 6.29 Å². The van der Waals surface area contributed by atoms with Crippen molar-refractivity contribution in [2.24, 2.45) is 28.1 Å². The average molecular weight is 643 g/mol. The molecule has 0 aromatic heterocycles. The molecule has 0 unspecified atom stereocenters. The zero-order valence-electron chi connectivity index (χ0n) is 26.0. The number of aliphatic hydroxyl groups is 8. The molecule has 45 heavy (non-hydrogen) atoms. The van der Waals surface area contributed by atoms with Crippen LogP contribution in [0.15, 0.2) is 12.2 Å². The summed E-state index contributed by atoms with van der Waals surface area (Å²) in [6.45, 7) is 7.41. The summed E-state index contributed by atoms with van der Waals surface area (Å²) < 4.78 is 23.4. The lowest BCUT2D eigenvalue weighted by Crippen LogP contribution is -2.63. The molecule has 6 fully saturated rings. The summed E-state index contributed by atoms with van der Waals surface area (Å²) in [4.78, 5) is 13.9. The Balaban J connectivity index is 1.20. The SMILES string of the molecule is C=C1C[C@@]23CC[C@@H]4[C@@](C)(CCC[C@@]4(C)C(=O)O[C@H]4O[C@@H](CO)[C@H](O)[C@@H](O)[C@@H]4O)[C@@H]2CC[C@]1(O[C@@H]1O[C@H](CO)[C@@H](O)[C@@H](O)[C@@H]1O)C3. The van der Waals surface area contributed by atoms with Crippen molar-refractivity contribution < 1.29 is 64.6 Å². The van der Waals surface area contributed by atoms with Crippen LogP contribution >= 0.6 is 0 Å². The van der Waals surface area contributed by atoms with Crippen LogP contribution in [-0.2, 0) is 23.7 Å². The quantitative estimate of drug-likeness (QED) is 0.102. The smallest absolute Gasteiger partial charge is 0.314 e. The summed E-state index contributed by atoms with van der Waals surface area (Å²) in [5, 5.41) is 81.4. The molecule has 0 aromatic rings. The van der Waals surface area contributed by atoms with Gasteiger partial charge in [-0.05, 0) is 86.5 Å². The van der Waals surface area contributed by atoms with Crippen LogP contribution in [0, 0.1) is 28.1 Å². The van der Waals surface area contributed by atoms with Gasteiger partial charge in [-0.25, -0.2) is 0 Å². The summed E-state index contributed by atoms with van der Waals surface area (Å²) in [6, 6.07) is 0. The molecule has 2 aliphatic heterocycles. The molecule has 13 nitrogen and oxygen atoms in total. The maximum Gasteiger partial charge on any atom is 0.314 e. The molecule has 8 N–H and O–H groups in total. The Hall–Kier alpha value is -1.23. The van der Waals surface area contributed by atoms with Crippen LogP contribution in [0.25, 0.3) is 0 Å². The third kappa shape index (κ3) is 5.04. The summed E-state index contributed by atoms with van der Waals surface area (Å²) in [7, 11) is 0. The number of ether oxygens (including phenoxy) is 4. The van der Waals surface area contributed by atoms with E-state index in [-0.39, 0.29) is 22.7 Å². The van der Waals surface area contributed by atoms with E-state index < -0.39 is 91.6 Å². The number of hydrogen-bond donors (Lipinski definition) is 8. The highest BCUT2D eigenvalue weighted by atomic mass is 16.7. The Labute approximate surface area is 262 Å². The molecule has 0 amide bonds. The van der Waals surface area contributed by atoms with Crippen molar-refractivity contribution >= 4 is 5.97 Å². The van der Waals surface area contributed by atoms with Crippen molar-refractivity contribution in [1.29, 1.82) is 0 Å². The number of esters is 1. The monoisotopic (exact) mass is 642 g/mol. The van der Waals surface area contributed by atoms with Gasteiger partial charge in [0.2, 0.25) is 6.29 Å². The molecule has 256 valence electrons. The van der Waals surface area contributed by atoms with Crippen LogP contribution in [0.3, 0.4) is 0 Å². The molecular formula is C32H50O13. The van der Waals surface area contributed by atoms with Gasteiger partial charge in [0.25, 0.3) is 0 Å². The highest BCUT2D eigenvalue weighted by molar-refractivity contribution is 5.77. The predicted octanol–water partition coefficient (Wildman–Crippen LogP) is -0.762. The van der Waals surface area contributed by atoms with Crippen LogP contribution in [-0.4, -0.2) is 127 Å². The first kappa shape index (κ1) is 33.7. The number of aliphatic hydroxyl groups excluding tert-OH is 8. The third-order valence-electron chi connectivity index (χ3n) is 12.9. The van der Waals surface area contributed by atoms with Gasteiger partial charge in [0.1, 0.15) is 48.8 Å². The zero-order chi connectivity index (χ0) is 32.7. The van der Waals surface area contributed by atoms with Gasteiger partial charge < -0.3 is 59.8 Å². The lowest BCUT2D eigenvalue weighted by atomic mass is 9.41. The van der Waals surface area contributed by atoms with Gasteiger partial charge in [-0.2, -0.15) is 0 Å². The Morgan fingerprint density at radius 2 is 1.38 bits per heavy atom. The number of hydrogen-bond acceptors (Lipinski definition) is 13. The van der Waals surface area contributed by atoms with Crippen LogP contribution in [0.4, 0.5) is 0 Å². The lowest BCUT2D eigenvalue weighted by Gasteiger charge is -2.64. The van der Waals surface area contributed by atoms with Crippen molar-refractivity contribution in [3.63, 3.8) is 0 Å². The summed E-state index contributed by atoms with van der Waals surface area (Å²) in [5.41, 5.74) is -1.20. The molecule has 13 heteroatoms. The first-order chi connectivity index (χ1) is 21.2. The van der Waals surface area contributed by atoms with E-state index in [0.29, 0.717) is 25.7 Å². The van der Waals surface area contributed by atoms with Crippen molar-refractivity contribution in [3.05, 3.63) is 12.2 Å². The molecule has 4 aliphatic carbocycles. The predicted molar refractivity (Wildman–Crippen MR) is 154 cm³/mol. The molecule has 6 aliphatic rings. The van der Waals surface area contributed by atoms with Gasteiger partial charge in [-0.3, -0.25) is 4.79 Å². The summed E-state index contributed by atoms with van der Waals surface area (Å²) in [6.07, 6.45) is -7.82. The number of fused-ring (bicyclic) bond motifs is 3. The van der Waals surface area contributed by atoms with E-state index in [0.717, 1.165) is 37.7 Å². The standard InChI is InChI=1S/C32H50O13/c1-15-11-31-9-5-18-29(2,7-4-8-30(18,3)28(41)44-26-24(39)22(37)20(35)16(12-33)42-26)19(31)6-10-32(15,14-31)45-27-25(40)23(38)21(36)17(13-34)43-27/h16-27,33-40H,1,4-14H2,2-3H3/t16-,17+,18+,19-,20-,21+,22+,23+,24-,25-,26+,27-,29+,30+,31+,32-/m0/s1. The highest BCUT2D eigenvalue weighted by Gasteiger charge is 2.69. The average Bonchev–Trinajstić information content (AvgIpc) is 3.20. The number of carbonyl (C=O) groups is 1. The number of rotatable bonds is 6. The molecule has 2 saturated heterocycles. The van der Waals surface area contributed by atoms with E-state index in [1.807, 2.05) is 6.92 Å². The number of carbonyl (C=O) groups excluding carboxylic acids is 1. The molecule has 0 radical (unpaired) electrons. The zero-order valence-corrected chi connectivity index (χ0v) is 26.0. The van der Waals surface area contributed by atoms with Gasteiger partial charge in [-0.1, -0.05) is 19.9 Å². The maximum atomic E-state index is 13.9. The fourth-order valence-electron chi connectivity index (χ4n) is 10.5. The highest BCUT2D eigenvalue weighted by Crippen LogP contribution is 2.73. The lowest BCUT2D eigenvalue weighted by molar-refractivity contribution is -0.327. The second-order valence-electron chi connectivity index (χ2n) is 15.2. The molecule has 2 heterocycles. The fraction of sp³-hybridized carbons (Fsp3) is 0.906. The molecule has 4 saturated carbocycles. The Bertz CT molecular complexity index is 1150. The molecule has 16 atom stereocenters. The minimum Gasteiger partial charge on any atom is -0.432 e. The maximum absolute atomic E-state index is 13.9. The summed E-state index contributed by atoms with van der Waals surface area (Å²) >= 11 is 0. The first-order valence-corrected chi connectivity index (χ1v) is 16.3. The second-order valence-corrected chi connectivity index (χ2v) is 15.2. The van der Waals surface area contributed by atoms with Crippen molar-refractivity contribution in [3.8, 4) is 0 Å². The van der Waals surface area contributed by atoms with Crippen LogP contribution in [0.1, 0.15) is 71.6 Å². The molecule has 0 aromatic carbocycles. The second kappa shape index (κ2) is 11.7. The minimum absolute atomic E-state index is 0.0421. The van der Waals surface area contributed by atoms with Gasteiger partial charge >= 0.3 is 5.97 Å². The van der Waals surface area contributed by atoms with E-state index in [2.05, 4.69) is 13.5 Å². The van der Waals surface area contributed by atoms with Crippen LogP contribution in [0.5, 0.6) is 0 Å². The minimum atomic E-state index is -1.67. The Morgan fingerprint density at radius 1 is 0.800 bits per heavy atom. The van der Waals surface area contributed by atoms with E-state index >= 15 is 0 Å². The first-order valence-electron chi connectivity index (χ1n) is 16.3. The largest absolute Gasteiger partial charge is 0.432 e.